The number of amides is 1. The Morgan fingerprint density at radius 1 is 1.39 bits per heavy atom. The topological polar surface area (TPSA) is 59.7 Å². The number of hydrogen-bond acceptors (Lipinski definition) is 4. The van der Waals surface area contributed by atoms with Crippen LogP contribution in [0, 0.1) is 13.8 Å². The molecule has 6 heteroatoms. The fourth-order valence-corrected chi connectivity index (χ4v) is 3.26. The van der Waals surface area contributed by atoms with Crippen molar-refractivity contribution in [1.29, 1.82) is 0 Å². The largest absolute Gasteiger partial charge is 0.375 e. The van der Waals surface area contributed by atoms with Gasteiger partial charge in [0.05, 0.1) is 24.9 Å². The molecule has 1 amide bonds. The summed E-state index contributed by atoms with van der Waals surface area (Å²) in [6.07, 6.45) is 3.05. The number of aromatic nitrogens is 3. The van der Waals surface area contributed by atoms with Crippen molar-refractivity contribution in [1.82, 2.24) is 19.5 Å². The number of carbonyl (C=O) groups excluding carboxylic acids is 1. The molecular weight excluding hydrogens is 292 g/mol. The minimum absolute atomic E-state index is 0.112. The summed E-state index contributed by atoms with van der Waals surface area (Å²) in [5, 5.41) is 4.30. The van der Waals surface area contributed by atoms with Crippen molar-refractivity contribution in [3.05, 3.63) is 29.2 Å². The Bertz CT molecular complexity index is 725. The average Bonchev–Trinajstić information content (AvgIpc) is 2.97. The van der Waals surface area contributed by atoms with Gasteiger partial charge in [-0.05, 0) is 39.7 Å². The lowest BCUT2D eigenvalue weighted by molar-refractivity contribution is -0.143. The van der Waals surface area contributed by atoms with Crippen LogP contribution in [0.4, 0.5) is 0 Å². The number of rotatable bonds is 3. The lowest BCUT2D eigenvalue weighted by Gasteiger charge is -2.37. The molecule has 1 aliphatic rings. The number of hydrogen-bond donors (Lipinski definition) is 0. The third-order valence-corrected chi connectivity index (χ3v) is 4.61. The van der Waals surface area contributed by atoms with E-state index >= 15 is 0 Å². The van der Waals surface area contributed by atoms with Crippen LogP contribution < -0.4 is 0 Å². The van der Waals surface area contributed by atoms with Gasteiger partial charge in [-0.25, -0.2) is 9.50 Å². The molecule has 2 atom stereocenters. The molecule has 1 fully saturated rings. The standard InChI is InChI=1S/C17H24N4O2/c1-11-10-23-12(2)9-20(11)17(22)6-5-15-13(3)19-16-7-8-18-21(16)14(15)4/h7-8,11-12H,5-6,9-10H2,1-4H3/t11-,12-/m1/s1. The average molecular weight is 316 g/mol. The van der Waals surface area contributed by atoms with E-state index in [9.17, 15) is 4.79 Å². The number of ether oxygens (including phenoxy) is 1. The van der Waals surface area contributed by atoms with Crippen LogP contribution in [0.5, 0.6) is 0 Å². The van der Waals surface area contributed by atoms with E-state index in [1.165, 1.54) is 0 Å². The fraction of sp³-hybridized carbons (Fsp3) is 0.588. The molecule has 0 unspecified atom stereocenters. The molecule has 0 saturated carbocycles. The van der Waals surface area contributed by atoms with E-state index in [-0.39, 0.29) is 18.1 Å². The molecule has 0 aromatic carbocycles. The Labute approximate surface area is 136 Å². The van der Waals surface area contributed by atoms with Crippen molar-refractivity contribution in [3.63, 3.8) is 0 Å². The number of nitrogens with zero attached hydrogens (tertiary/aromatic N) is 4. The number of aryl methyl sites for hydroxylation is 2. The second kappa shape index (κ2) is 6.28. The van der Waals surface area contributed by atoms with Crippen molar-refractivity contribution >= 4 is 11.6 Å². The first-order chi connectivity index (χ1) is 11.0. The normalized spacial score (nSPS) is 21.8. The molecule has 3 heterocycles. The van der Waals surface area contributed by atoms with E-state index in [0.717, 1.165) is 22.6 Å². The quantitative estimate of drug-likeness (QED) is 0.868. The summed E-state index contributed by atoms with van der Waals surface area (Å²) in [4.78, 5) is 19.1. The highest BCUT2D eigenvalue weighted by atomic mass is 16.5. The van der Waals surface area contributed by atoms with Gasteiger partial charge in [0.2, 0.25) is 5.91 Å². The molecule has 23 heavy (non-hydrogen) atoms. The van der Waals surface area contributed by atoms with Crippen molar-refractivity contribution < 1.29 is 9.53 Å². The van der Waals surface area contributed by atoms with Crippen LogP contribution in [0.3, 0.4) is 0 Å². The molecule has 3 rings (SSSR count). The maximum Gasteiger partial charge on any atom is 0.223 e. The van der Waals surface area contributed by atoms with Crippen LogP contribution in [0.1, 0.15) is 37.2 Å². The number of morpholine rings is 1. The van der Waals surface area contributed by atoms with Crippen molar-refractivity contribution in [3.8, 4) is 0 Å². The summed E-state index contributed by atoms with van der Waals surface area (Å²) >= 11 is 0. The molecule has 0 bridgehead atoms. The van der Waals surface area contributed by atoms with E-state index in [1.54, 1.807) is 6.20 Å². The van der Waals surface area contributed by atoms with Gasteiger partial charge in [-0.3, -0.25) is 4.79 Å². The van der Waals surface area contributed by atoms with Crippen molar-refractivity contribution in [2.75, 3.05) is 13.2 Å². The van der Waals surface area contributed by atoms with Gasteiger partial charge < -0.3 is 9.64 Å². The zero-order valence-electron chi connectivity index (χ0n) is 14.2. The van der Waals surface area contributed by atoms with E-state index < -0.39 is 0 Å². The second-order valence-corrected chi connectivity index (χ2v) is 6.40. The van der Waals surface area contributed by atoms with Crippen LogP contribution in [0.2, 0.25) is 0 Å². The maximum absolute atomic E-state index is 12.6. The summed E-state index contributed by atoms with van der Waals surface area (Å²) in [5.41, 5.74) is 4.01. The predicted molar refractivity (Wildman–Crippen MR) is 87.4 cm³/mol. The molecule has 6 nitrogen and oxygen atoms in total. The van der Waals surface area contributed by atoms with E-state index in [4.69, 9.17) is 4.74 Å². The lowest BCUT2D eigenvalue weighted by Crippen LogP contribution is -2.50. The first-order valence-corrected chi connectivity index (χ1v) is 8.18. The van der Waals surface area contributed by atoms with E-state index in [0.29, 0.717) is 26.0 Å². The van der Waals surface area contributed by atoms with Gasteiger partial charge in [0.15, 0.2) is 5.65 Å². The second-order valence-electron chi connectivity index (χ2n) is 6.40. The number of carbonyl (C=O) groups is 1. The molecule has 1 saturated heterocycles. The minimum atomic E-state index is 0.112. The lowest BCUT2D eigenvalue weighted by atomic mass is 10.1. The molecule has 2 aromatic rings. The Morgan fingerprint density at radius 3 is 2.96 bits per heavy atom. The highest BCUT2D eigenvalue weighted by Crippen LogP contribution is 2.18. The molecule has 0 radical (unpaired) electrons. The van der Waals surface area contributed by atoms with Crippen molar-refractivity contribution in [2.45, 2.75) is 52.7 Å². The van der Waals surface area contributed by atoms with Gasteiger partial charge in [0, 0.05) is 30.4 Å². The Kier molecular flexibility index (Phi) is 4.35. The minimum Gasteiger partial charge on any atom is -0.375 e. The molecular formula is C17H24N4O2. The van der Waals surface area contributed by atoms with E-state index in [1.807, 2.05) is 43.2 Å². The van der Waals surface area contributed by atoms with Crippen LogP contribution in [-0.2, 0) is 16.0 Å². The summed E-state index contributed by atoms with van der Waals surface area (Å²) in [7, 11) is 0. The molecule has 124 valence electrons. The maximum atomic E-state index is 12.6. The highest BCUT2D eigenvalue weighted by Gasteiger charge is 2.27. The van der Waals surface area contributed by atoms with Gasteiger partial charge in [0.25, 0.3) is 0 Å². The summed E-state index contributed by atoms with van der Waals surface area (Å²) in [6.45, 7) is 9.38. The summed E-state index contributed by atoms with van der Waals surface area (Å²) in [6, 6.07) is 2.04. The monoisotopic (exact) mass is 316 g/mol. The predicted octanol–water partition coefficient (Wildman–Crippen LogP) is 1.91. The Balaban J connectivity index is 1.74. The zero-order valence-corrected chi connectivity index (χ0v) is 14.2. The van der Waals surface area contributed by atoms with E-state index in [2.05, 4.69) is 10.1 Å². The molecule has 1 aliphatic heterocycles. The first-order valence-electron chi connectivity index (χ1n) is 8.18. The highest BCUT2D eigenvalue weighted by molar-refractivity contribution is 5.77. The van der Waals surface area contributed by atoms with Crippen LogP contribution >= 0.6 is 0 Å². The van der Waals surface area contributed by atoms with Gasteiger partial charge in [-0.15, -0.1) is 0 Å². The van der Waals surface area contributed by atoms with Crippen LogP contribution in [-0.4, -0.2) is 50.7 Å². The third-order valence-electron chi connectivity index (χ3n) is 4.61. The van der Waals surface area contributed by atoms with Gasteiger partial charge in [0.1, 0.15) is 0 Å². The van der Waals surface area contributed by atoms with Gasteiger partial charge in [-0.1, -0.05) is 0 Å². The molecule has 2 aromatic heterocycles. The Hall–Kier alpha value is -1.95. The van der Waals surface area contributed by atoms with Crippen LogP contribution in [0.25, 0.3) is 5.65 Å². The van der Waals surface area contributed by atoms with Gasteiger partial charge >= 0.3 is 0 Å². The summed E-state index contributed by atoms with van der Waals surface area (Å²) in [5.74, 6) is 0.187. The van der Waals surface area contributed by atoms with Gasteiger partial charge in [-0.2, -0.15) is 5.10 Å². The smallest absolute Gasteiger partial charge is 0.223 e. The zero-order chi connectivity index (χ0) is 16.6. The molecule has 0 aliphatic carbocycles. The third kappa shape index (κ3) is 3.08. The fourth-order valence-electron chi connectivity index (χ4n) is 3.26. The SMILES string of the molecule is Cc1nc2ccnn2c(C)c1CCC(=O)N1C[C@@H](C)OC[C@H]1C. The van der Waals surface area contributed by atoms with Crippen molar-refractivity contribution in [2.24, 2.45) is 0 Å². The number of fused-ring (bicyclic) bond motifs is 1. The molecule has 0 N–H and O–H groups in total. The summed E-state index contributed by atoms with van der Waals surface area (Å²) < 4.78 is 7.43. The Morgan fingerprint density at radius 2 is 2.17 bits per heavy atom. The first kappa shape index (κ1) is 15.9. The molecule has 0 spiro atoms. The van der Waals surface area contributed by atoms with Crippen LogP contribution in [0.15, 0.2) is 12.3 Å².